The Morgan fingerprint density at radius 3 is 2.85 bits per heavy atom. The van der Waals surface area contributed by atoms with Gasteiger partial charge in [0.25, 0.3) is 0 Å². The van der Waals surface area contributed by atoms with E-state index in [0.717, 1.165) is 0 Å². The van der Waals surface area contributed by atoms with Crippen molar-refractivity contribution in [1.82, 2.24) is 5.32 Å². The first kappa shape index (κ1) is 13.9. The fourth-order valence-electron chi connectivity index (χ4n) is 1.56. The van der Waals surface area contributed by atoms with Gasteiger partial charge in [-0.3, -0.25) is 4.79 Å². The van der Waals surface area contributed by atoms with Gasteiger partial charge in [-0.05, 0) is 12.1 Å². The Balaban J connectivity index is 1.87. The van der Waals surface area contributed by atoms with Gasteiger partial charge in [0.05, 0.1) is 19.0 Å². The summed E-state index contributed by atoms with van der Waals surface area (Å²) >= 11 is 0. The molecule has 20 heavy (non-hydrogen) atoms. The summed E-state index contributed by atoms with van der Waals surface area (Å²) < 4.78 is 34.1. The Hall–Kier alpha value is -2.56. The van der Waals surface area contributed by atoms with Crippen LogP contribution in [-0.4, -0.2) is 25.3 Å². The van der Waals surface area contributed by atoms with Crippen molar-refractivity contribution >= 4 is 11.6 Å². The molecule has 106 valence electrons. The van der Waals surface area contributed by atoms with Gasteiger partial charge in [-0.15, -0.1) is 8.78 Å². The van der Waals surface area contributed by atoms with E-state index in [1.807, 2.05) is 6.07 Å². The zero-order valence-corrected chi connectivity index (χ0v) is 10.3. The minimum absolute atomic E-state index is 0.0402. The van der Waals surface area contributed by atoms with E-state index in [-0.39, 0.29) is 36.9 Å². The third-order valence-electron chi connectivity index (χ3n) is 2.41. The van der Waals surface area contributed by atoms with Crippen LogP contribution < -0.4 is 20.1 Å². The van der Waals surface area contributed by atoms with Gasteiger partial charge in [0.15, 0.2) is 11.5 Å². The van der Waals surface area contributed by atoms with Crippen molar-refractivity contribution in [3.63, 3.8) is 0 Å². The standard InChI is InChI=1S/C12H11F2N3O3/c13-12(14)19-9-3-2-8(6-10(9)20-12)17-7-11(18)16-5-1-4-15/h2-3,6,17H,1,5,7H2,(H,16,18). The molecule has 0 spiro atoms. The Labute approximate surface area is 113 Å². The van der Waals surface area contributed by atoms with Crippen LogP contribution in [0, 0.1) is 11.3 Å². The van der Waals surface area contributed by atoms with E-state index in [9.17, 15) is 13.6 Å². The van der Waals surface area contributed by atoms with E-state index in [4.69, 9.17) is 5.26 Å². The summed E-state index contributed by atoms with van der Waals surface area (Å²) in [5, 5.41) is 13.6. The number of rotatable bonds is 5. The average molecular weight is 283 g/mol. The van der Waals surface area contributed by atoms with Crippen molar-refractivity contribution in [3.05, 3.63) is 18.2 Å². The number of benzene rings is 1. The average Bonchev–Trinajstić information content (AvgIpc) is 2.69. The van der Waals surface area contributed by atoms with Crippen LogP contribution in [0.1, 0.15) is 6.42 Å². The van der Waals surface area contributed by atoms with Crippen molar-refractivity contribution < 1.29 is 23.0 Å². The van der Waals surface area contributed by atoms with Gasteiger partial charge in [-0.2, -0.15) is 5.26 Å². The second kappa shape index (κ2) is 5.61. The fourth-order valence-corrected chi connectivity index (χ4v) is 1.56. The van der Waals surface area contributed by atoms with Gasteiger partial charge in [-0.25, -0.2) is 0 Å². The molecule has 1 amide bonds. The molecular weight excluding hydrogens is 272 g/mol. The summed E-state index contributed by atoms with van der Waals surface area (Å²) in [6, 6.07) is 6.03. The molecule has 0 unspecified atom stereocenters. The van der Waals surface area contributed by atoms with E-state index in [0.29, 0.717) is 5.69 Å². The van der Waals surface area contributed by atoms with Crippen LogP contribution in [0.15, 0.2) is 18.2 Å². The number of nitrogens with one attached hydrogen (secondary N) is 2. The van der Waals surface area contributed by atoms with Gasteiger partial charge < -0.3 is 20.1 Å². The molecule has 1 aliphatic heterocycles. The van der Waals surface area contributed by atoms with Crippen molar-refractivity contribution in [2.75, 3.05) is 18.4 Å². The molecule has 1 aromatic carbocycles. The maximum Gasteiger partial charge on any atom is 0.586 e. The first-order chi connectivity index (χ1) is 9.50. The van der Waals surface area contributed by atoms with E-state index < -0.39 is 6.29 Å². The molecule has 0 saturated carbocycles. The summed E-state index contributed by atoms with van der Waals surface area (Å²) in [6.45, 7) is 0.228. The molecular formula is C12H11F2N3O3. The monoisotopic (exact) mass is 283 g/mol. The number of amides is 1. The van der Waals surface area contributed by atoms with Crippen molar-refractivity contribution in [2.45, 2.75) is 12.7 Å². The maximum atomic E-state index is 12.8. The van der Waals surface area contributed by atoms with Crippen molar-refractivity contribution in [2.24, 2.45) is 0 Å². The lowest BCUT2D eigenvalue weighted by atomic mass is 10.3. The zero-order valence-electron chi connectivity index (χ0n) is 10.3. The molecule has 0 aliphatic carbocycles. The molecule has 0 radical (unpaired) electrons. The second-order valence-corrected chi connectivity index (χ2v) is 3.94. The predicted molar refractivity (Wildman–Crippen MR) is 64.4 cm³/mol. The summed E-state index contributed by atoms with van der Waals surface area (Å²) in [5.74, 6) is -0.452. The van der Waals surface area contributed by atoms with Gasteiger partial charge in [0.1, 0.15) is 0 Å². The van der Waals surface area contributed by atoms with Crippen LogP contribution in [0.2, 0.25) is 0 Å². The van der Waals surface area contributed by atoms with Crippen LogP contribution in [0.3, 0.4) is 0 Å². The number of nitriles is 1. The number of anilines is 1. The number of carbonyl (C=O) groups is 1. The minimum Gasteiger partial charge on any atom is -0.395 e. The van der Waals surface area contributed by atoms with Crippen LogP contribution in [0.25, 0.3) is 0 Å². The van der Waals surface area contributed by atoms with Gasteiger partial charge in [-0.1, -0.05) is 0 Å². The first-order valence-corrected chi connectivity index (χ1v) is 5.77. The lowest BCUT2D eigenvalue weighted by molar-refractivity contribution is -0.286. The molecule has 0 fully saturated rings. The Bertz CT molecular complexity index is 557. The highest BCUT2D eigenvalue weighted by atomic mass is 19.3. The van der Waals surface area contributed by atoms with Gasteiger partial charge in [0, 0.05) is 18.3 Å². The van der Waals surface area contributed by atoms with Crippen LogP contribution in [0.5, 0.6) is 11.5 Å². The number of nitrogens with zero attached hydrogens (tertiary/aromatic N) is 1. The Morgan fingerprint density at radius 2 is 2.10 bits per heavy atom. The molecule has 1 heterocycles. The maximum absolute atomic E-state index is 12.8. The number of ether oxygens (including phenoxy) is 2. The topological polar surface area (TPSA) is 83.4 Å². The Kier molecular flexibility index (Phi) is 3.89. The molecule has 1 aliphatic rings. The van der Waals surface area contributed by atoms with E-state index in [2.05, 4.69) is 20.1 Å². The molecule has 1 aromatic rings. The predicted octanol–water partition coefficient (Wildman–Crippen LogP) is 1.45. The van der Waals surface area contributed by atoms with Crippen molar-refractivity contribution in [3.8, 4) is 17.6 Å². The van der Waals surface area contributed by atoms with Gasteiger partial charge >= 0.3 is 6.29 Å². The van der Waals surface area contributed by atoms with Crippen LogP contribution >= 0.6 is 0 Å². The molecule has 0 saturated heterocycles. The number of carbonyl (C=O) groups excluding carboxylic acids is 1. The third-order valence-corrected chi connectivity index (χ3v) is 2.41. The van der Waals surface area contributed by atoms with E-state index >= 15 is 0 Å². The molecule has 2 rings (SSSR count). The van der Waals surface area contributed by atoms with Gasteiger partial charge in [0.2, 0.25) is 5.91 Å². The van der Waals surface area contributed by atoms with E-state index in [1.54, 1.807) is 0 Å². The fraction of sp³-hybridized carbons (Fsp3) is 0.333. The highest BCUT2D eigenvalue weighted by molar-refractivity contribution is 5.80. The molecule has 0 atom stereocenters. The molecule has 8 heteroatoms. The summed E-state index contributed by atoms with van der Waals surface area (Å²) in [7, 11) is 0. The lowest BCUT2D eigenvalue weighted by Gasteiger charge is -2.07. The number of alkyl halides is 2. The SMILES string of the molecule is N#CCCNC(=O)CNc1ccc2c(c1)OC(F)(F)O2. The highest BCUT2D eigenvalue weighted by Gasteiger charge is 2.43. The Morgan fingerprint density at radius 1 is 1.35 bits per heavy atom. The van der Waals surface area contributed by atoms with Crippen LogP contribution in [-0.2, 0) is 4.79 Å². The summed E-state index contributed by atoms with van der Waals surface area (Å²) in [4.78, 5) is 11.4. The highest BCUT2D eigenvalue weighted by Crippen LogP contribution is 2.42. The largest absolute Gasteiger partial charge is 0.586 e. The molecule has 2 N–H and O–H groups in total. The first-order valence-electron chi connectivity index (χ1n) is 5.77. The smallest absolute Gasteiger partial charge is 0.395 e. The number of halogens is 2. The number of hydrogen-bond donors (Lipinski definition) is 2. The summed E-state index contributed by atoms with van der Waals surface area (Å²) in [5.41, 5.74) is 0.445. The summed E-state index contributed by atoms with van der Waals surface area (Å²) in [6.07, 6.45) is -3.43. The molecule has 6 nitrogen and oxygen atoms in total. The zero-order chi connectivity index (χ0) is 14.6. The normalized spacial score (nSPS) is 14.4. The molecule has 0 aromatic heterocycles. The lowest BCUT2D eigenvalue weighted by Crippen LogP contribution is -2.30. The third kappa shape index (κ3) is 3.47. The number of hydrogen-bond acceptors (Lipinski definition) is 5. The quantitative estimate of drug-likeness (QED) is 0.799. The van der Waals surface area contributed by atoms with Crippen LogP contribution in [0.4, 0.5) is 14.5 Å². The van der Waals surface area contributed by atoms with E-state index in [1.165, 1.54) is 18.2 Å². The molecule has 0 bridgehead atoms. The number of fused-ring (bicyclic) bond motifs is 1. The minimum atomic E-state index is -3.66. The van der Waals surface area contributed by atoms with Crippen molar-refractivity contribution in [1.29, 1.82) is 5.26 Å². The second-order valence-electron chi connectivity index (χ2n) is 3.94.